The van der Waals surface area contributed by atoms with Gasteiger partial charge in [0.1, 0.15) is 0 Å². The first-order valence-corrected chi connectivity index (χ1v) is 4.79. The molecule has 1 aromatic heterocycles. The second-order valence-electron chi connectivity index (χ2n) is 3.23. The van der Waals surface area contributed by atoms with Crippen LogP contribution in [0.3, 0.4) is 0 Å². The zero-order valence-electron chi connectivity index (χ0n) is 9.08. The number of rotatable bonds is 5. The van der Waals surface area contributed by atoms with Crippen LogP contribution in [0, 0.1) is 5.92 Å². The SMILES string of the molecule is CCOC(=O)C(Cc1cn(C)nn1)C(=O)O. The second-order valence-corrected chi connectivity index (χ2v) is 3.23. The summed E-state index contributed by atoms with van der Waals surface area (Å²) >= 11 is 0. The fourth-order valence-electron chi connectivity index (χ4n) is 1.21. The molecule has 1 rings (SSSR count). The molecule has 0 aliphatic carbocycles. The third-order valence-corrected chi connectivity index (χ3v) is 1.93. The minimum absolute atomic E-state index is 0.0119. The molecule has 88 valence electrons. The standard InChI is InChI=1S/C9H13N3O4/c1-3-16-9(15)7(8(13)14)4-6-5-12(2)11-10-6/h5,7H,3-4H2,1-2H3,(H,13,14). The first kappa shape index (κ1) is 12.2. The number of nitrogens with zero attached hydrogens (tertiary/aromatic N) is 3. The maximum atomic E-state index is 11.3. The Balaban J connectivity index is 2.72. The van der Waals surface area contributed by atoms with E-state index in [9.17, 15) is 9.59 Å². The van der Waals surface area contributed by atoms with Crippen molar-refractivity contribution in [2.24, 2.45) is 13.0 Å². The highest BCUT2D eigenvalue weighted by Gasteiger charge is 2.28. The van der Waals surface area contributed by atoms with Gasteiger partial charge in [0.25, 0.3) is 0 Å². The van der Waals surface area contributed by atoms with E-state index in [0.29, 0.717) is 5.69 Å². The van der Waals surface area contributed by atoms with Gasteiger partial charge in [0, 0.05) is 19.7 Å². The highest BCUT2D eigenvalue weighted by molar-refractivity contribution is 5.94. The number of carboxylic acids is 1. The molecule has 0 aromatic carbocycles. The van der Waals surface area contributed by atoms with Gasteiger partial charge in [-0.2, -0.15) is 0 Å². The van der Waals surface area contributed by atoms with Crippen LogP contribution in [0.5, 0.6) is 0 Å². The average molecular weight is 227 g/mol. The lowest BCUT2D eigenvalue weighted by atomic mass is 10.0. The number of hydrogen-bond donors (Lipinski definition) is 1. The highest BCUT2D eigenvalue weighted by Crippen LogP contribution is 2.08. The monoisotopic (exact) mass is 227 g/mol. The van der Waals surface area contributed by atoms with Crippen LogP contribution < -0.4 is 0 Å². The van der Waals surface area contributed by atoms with Gasteiger partial charge in [-0.25, -0.2) is 0 Å². The highest BCUT2D eigenvalue weighted by atomic mass is 16.5. The van der Waals surface area contributed by atoms with E-state index < -0.39 is 17.9 Å². The van der Waals surface area contributed by atoms with Gasteiger partial charge < -0.3 is 9.84 Å². The van der Waals surface area contributed by atoms with Crippen molar-refractivity contribution in [1.82, 2.24) is 15.0 Å². The molecular formula is C9H13N3O4. The molecule has 16 heavy (non-hydrogen) atoms. The van der Waals surface area contributed by atoms with Crippen LogP contribution in [0.1, 0.15) is 12.6 Å². The van der Waals surface area contributed by atoms with Crippen LogP contribution in [0.15, 0.2) is 6.20 Å². The van der Waals surface area contributed by atoms with Gasteiger partial charge in [-0.1, -0.05) is 5.21 Å². The summed E-state index contributed by atoms with van der Waals surface area (Å²) in [6, 6.07) is 0. The van der Waals surface area contributed by atoms with Gasteiger partial charge in [-0.05, 0) is 6.92 Å². The lowest BCUT2D eigenvalue weighted by Crippen LogP contribution is -2.28. The molecule has 1 heterocycles. The second kappa shape index (κ2) is 5.24. The van der Waals surface area contributed by atoms with Gasteiger partial charge in [-0.3, -0.25) is 14.3 Å². The Morgan fingerprint density at radius 2 is 2.31 bits per heavy atom. The Kier molecular flexibility index (Phi) is 3.98. The summed E-state index contributed by atoms with van der Waals surface area (Å²) in [7, 11) is 1.66. The van der Waals surface area contributed by atoms with Crippen LogP contribution in [0.2, 0.25) is 0 Å². The van der Waals surface area contributed by atoms with Gasteiger partial charge in [0.15, 0.2) is 5.92 Å². The summed E-state index contributed by atoms with van der Waals surface area (Å²) in [5.41, 5.74) is 0.447. The van der Waals surface area contributed by atoms with E-state index in [1.54, 1.807) is 20.2 Å². The van der Waals surface area contributed by atoms with E-state index >= 15 is 0 Å². The van der Waals surface area contributed by atoms with E-state index in [1.165, 1.54) is 4.68 Å². The summed E-state index contributed by atoms with van der Waals surface area (Å²) in [6.45, 7) is 1.78. The van der Waals surface area contributed by atoms with E-state index in [0.717, 1.165) is 0 Å². The summed E-state index contributed by atoms with van der Waals surface area (Å²) in [4.78, 5) is 22.2. The van der Waals surface area contributed by atoms with E-state index in [2.05, 4.69) is 15.0 Å². The molecule has 1 aromatic rings. The number of aryl methyl sites for hydroxylation is 1. The maximum Gasteiger partial charge on any atom is 0.320 e. The molecule has 0 bridgehead atoms. The largest absolute Gasteiger partial charge is 0.481 e. The molecule has 7 heteroatoms. The number of ether oxygens (including phenoxy) is 1. The molecule has 1 unspecified atom stereocenters. The number of esters is 1. The van der Waals surface area contributed by atoms with Crippen molar-refractivity contribution >= 4 is 11.9 Å². The average Bonchev–Trinajstić information content (AvgIpc) is 2.60. The zero-order chi connectivity index (χ0) is 12.1. The molecule has 1 N–H and O–H groups in total. The predicted molar refractivity (Wildman–Crippen MR) is 52.5 cm³/mol. The fourth-order valence-corrected chi connectivity index (χ4v) is 1.21. The number of aliphatic carboxylic acids is 1. The lowest BCUT2D eigenvalue weighted by Gasteiger charge is -2.08. The lowest BCUT2D eigenvalue weighted by molar-refractivity contribution is -0.158. The van der Waals surface area contributed by atoms with Crippen molar-refractivity contribution in [2.45, 2.75) is 13.3 Å². The molecular weight excluding hydrogens is 214 g/mol. The third-order valence-electron chi connectivity index (χ3n) is 1.93. The van der Waals surface area contributed by atoms with Gasteiger partial charge in [-0.15, -0.1) is 5.10 Å². The van der Waals surface area contributed by atoms with Gasteiger partial charge in [0.2, 0.25) is 0 Å². The molecule has 0 saturated carbocycles. The number of carbonyl (C=O) groups excluding carboxylic acids is 1. The molecule has 0 radical (unpaired) electrons. The Hall–Kier alpha value is -1.92. The quantitative estimate of drug-likeness (QED) is 0.544. The zero-order valence-corrected chi connectivity index (χ0v) is 9.08. The van der Waals surface area contributed by atoms with Crippen LogP contribution in [0.4, 0.5) is 0 Å². The first-order valence-electron chi connectivity index (χ1n) is 4.79. The van der Waals surface area contributed by atoms with Crippen LogP contribution in [-0.4, -0.2) is 38.6 Å². The summed E-state index contributed by atoms with van der Waals surface area (Å²) in [6.07, 6.45) is 1.55. The van der Waals surface area contributed by atoms with Crippen LogP contribution in [-0.2, 0) is 27.8 Å². The molecule has 0 amide bonds. The van der Waals surface area contributed by atoms with Crippen molar-refractivity contribution in [3.8, 4) is 0 Å². The number of carbonyl (C=O) groups is 2. The minimum Gasteiger partial charge on any atom is -0.481 e. The predicted octanol–water partition coefficient (Wildman–Crippen LogP) is -0.378. The smallest absolute Gasteiger partial charge is 0.320 e. The van der Waals surface area contributed by atoms with Crippen molar-refractivity contribution in [3.05, 3.63) is 11.9 Å². The normalized spacial score (nSPS) is 12.1. The van der Waals surface area contributed by atoms with E-state index in [1.807, 2.05) is 0 Å². The Morgan fingerprint density at radius 1 is 1.62 bits per heavy atom. The van der Waals surface area contributed by atoms with Crippen molar-refractivity contribution in [3.63, 3.8) is 0 Å². The Labute approximate surface area is 92.0 Å². The van der Waals surface area contributed by atoms with E-state index in [4.69, 9.17) is 5.11 Å². The maximum absolute atomic E-state index is 11.3. The van der Waals surface area contributed by atoms with Crippen molar-refractivity contribution < 1.29 is 19.4 Å². The Bertz CT molecular complexity index is 388. The fraction of sp³-hybridized carbons (Fsp3) is 0.556. The number of aromatic nitrogens is 3. The Morgan fingerprint density at radius 3 is 2.75 bits per heavy atom. The summed E-state index contributed by atoms with van der Waals surface area (Å²) in [5.74, 6) is -3.19. The van der Waals surface area contributed by atoms with Gasteiger partial charge >= 0.3 is 11.9 Å². The first-order chi connectivity index (χ1) is 7.54. The van der Waals surface area contributed by atoms with Crippen LogP contribution >= 0.6 is 0 Å². The molecule has 0 spiro atoms. The summed E-state index contributed by atoms with van der Waals surface area (Å²) in [5, 5.41) is 16.3. The molecule has 1 atom stereocenters. The third kappa shape index (κ3) is 3.04. The number of carboxylic acid groups (broad SMARTS) is 1. The van der Waals surface area contributed by atoms with Crippen molar-refractivity contribution in [1.29, 1.82) is 0 Å². The number of hydrogen-bond acceptors (Lipinski definition) is 5. The molecule has 0 fully saturated rings. The summed E-state index contributed by atoms with van der Waals surface area (Å²) < 4.78 is 6.11. The molecule has 0 saturated heterocycles. The van der Waals surface area contributed by atoms with E-state index in [-0.39, 0.29) is 13.0 Å². The molecule has 0 aliphatic rings. The minimum atomic E-state index is -1.23. The molecule has 0 aliphatic heterocycles. The van der Waals surface area contributed by atoms with Crippen LogP contribution in [0.25, 0.3) is 0 Å². The van der Waals surface area contributed by atoms with Gasteiger partial charge in [0.05, 0.1) is 12.3 Å². The topological polar surface area (TPSA) is 94.3 Å². The molecule has 7 nitrogen and oxygen atoms in total. The van der Waals surface area contributed by atoms with Crippen molar-refractivity contribution in [2.75, 3.05) is 6.61 Å².